The van der Waals surface area contributed by atoms with Crippen molar-refractivity contribution in [3.8, 4) is 11.5 Å². The van der Waals surface area contributed by atoms with E-state index >= 15 is 0 Å². The molecule has 1 amide bonds. The lowest BCUT2D eigenvalue weighted by atomic mass is 10.0. The lowest BCUT2D eigenvalue weighted by Crippen LogP contribution is -2.36. The zero-order valence-electron chi connectivity index (χ0n) is 14.9. The standard InChI is InChI=1S/C20H19N3O4/c1-25-15-5-2-4-14(10-15)20(24)23-9-7-19-17(12-23)18(22-27-19)13-26-16-6-3-8-21-11-16/h2-6,8,10-11H,7,9,12-13H2,1H3. The Hall–Kier alpha value is -3.35. The van der Waals surface area contributed by atoms with Gasteiger partial charge in [0.25, 0.3) is 5.91 Å². The molecular weight excluding hydrogens is 346 g/mol. The number of rotatable bonds is 5. The summed E-state index contributed by atoms with van der Waals surface area (Å²) in [6.45, 7) is 1.30. The number of pyridine rings is 1. The second-order valence-corrected chi connectivity index (χ2v) is 6.22. The van der Waals surface area contributed by atoms with Crippen molar-refractivity contribution in [3.05, 3.63) is 71.4 Å². The summed E-state index contributed by atoms with van der Waals surface area (Å²) in [6, 6.07) is 10.8. The van der Waals surface area contributed by atoms with Crippen LogP contribution in [0.1, 0.15) is 27.4 Å². The first-order valence-electron chi connectivity index (χ1n) is 8.67. The fourth-order valence-corrected chi connectivity index (χ4v) is 3.07. The van der Waals surface area contributed by atoms with Gasteiger partial charge in [0.15, 0.2) is 0 Å². The highest BCUT2D eigenvalue weighted by Crippen LogP contribution is 2.25. The molecule has 1 aliphatic heterocycles. The smallest absolute Gasteiger partial charge is 0.254 e. The maximum atomic E-state index is 12.9. The molecule has 0 saturated carbocycles. The van der Waals surface area contributed by atoms with Gasteiger partial charge in [0.05, 0.1) is 19.9 Å². The van der Waals surface area contributed by atoms with Crippen molar-refractivity contribution in [1.82, 2.24) is 15.0 Å². The van der Waals surface area contributed by atoms with Crippen LogP contribution in [-0.4, -0.2) is 34.6 Å². The molecule has 0 fully saturated rings. The van der Waals surface area contributed by atoms with Gasteiger partial charge < -0.3 is 18.9 Å². The van der Waals surface area contributed by atoms with Gasteiger partial charge in [0.2, 0.25) is 0 Å². The number of fused-ring (bicyclic) bond motifs is 1. The van der Waals surface area contributed by atoms with E-state index in [1.54, 1.807) is 36.5 Å². The van der Waals surface area contributed by atoms with E-state index in [2.05, 4.69) is 10.1 Å². The average Bonchev–Trinajstić information content (AvgIpc) is 3.14. The molecule has 0 atom stereocenters. The van der Waals surface area contributed by atoms with E-state index in [9.17, 15) is 4.79 Å². The van der Waals surface area contributed by atoms with Gasteiger partial charge >= 0.3 is 0 Å². The van der Waals surface area contributed by atoms with Gasteiger partial charge in [-0.05, 0) is 30.3 Å². The van der Waals surface area contributed by atoms with Crippen LogP contribution in [0.4, 0.5) is 0 Å². The lowest BCUT2D eigenvalue weighted by Gasteiger charge is -2.26. The maximum absolute atomic E-state index is 12.9. The zero-order chi connectivity index (χ0) is 18.6. The fourth-order valence-electron chi connectivity index (χ4n) is 3.07. The molecular formula is C20H19N3O4. The highest BCUT2D eigenvalue weighted by molar-refractivity contribution is 5.94. The molecule has 0 radical (unpaired) electrons. The van der Waals surface area contributed by atoms with Crippen molar-refractivity contribution >= 4 is 5.91 Å². The van der Waals surface area contributed by atoms with E-state index in [-0.39, 0.29) is 12.5 Å². The molecule has 1 aromatic carbocycles. The second kappa shape index (κ2) is 7.49. The molecule has 3 heterocycles. The van der Waals surface area contributed by atoms with Crippen molar-refractivity contribution in [2.75, 3.05) is 13.7 Å². The van der Waals surface area contributed by atoms with Crippen LogP contribution in [0.15, 0.2) is 53.3 Å². The molecule has 0 spiro atoms. The van der Waals surface area contributed by atoms with Crippen LogP contribution in [0, 0.1) is 0 Å². The third kappa shape index (κ3) is 3.62. The number of amides is 1. The monoisotopic (exact) mass is 365 g/mol. The minimum atomic E-state index is -0.0418. The third-order valence-electron chi connectivity index (χ3n) is 4.52. The summed E-state index contributed by atoms with van der Waals surface area (Å²) in [6.07, 6.45) is 3.96. The van der Waals surface area contributed by atoms with Crippen molar-refractivity contribution in [3.63, 3.8) is 0 Å². The first-order chi connectivity index (χ1) is 13.2. The van der Waals surface area contributed by atoms with Crippen LogP contribution in [-0.2, 0) is 19.6 Å². The Morgan fingerprint density at radius 2 is 2.15 bits per heavy atom. The van der Waals surface area contributed by atoms with Crippen LogP contribution in [0.25, 0.3) is 0 Å². The molecule has 4 rings (SSSR count). The summed E-state index contributed by atoms with van der Waals surface area (Å²) in [4.78, 5) is 18.7. The number of hydrogen-bond acceptors (Lipinski definition) is 6. The Morgan fingerprint density at radius 3 is 2.96 bits per heavy atom. The number of ether oxygens (including phenoxy) is 2. The SMILES string of the molecule is COc1cccc(C(=O)N2CCc3onc(COc4cccnc4)c3C2)c1. The number of hydrogen-bond donors (Lipinski definition) is 0. The number of aromatic nitrogens is 2. The number of benzene rings is 1. The summed E-state index contributed by atoms with van der Waals surface area (Å²) in [5.74, 6) is 2.10. The first kappa shape index (κ1) is 17.1. The highest BCUT2D eigenvalue weighted by atomic mass is 16.5. The topological polar surface area (TPSA) is 77.7 Å². The van der Waals surface area contributed by atoms with E-state index in [0.717, 1.165) is 11.3 Å². The summed E-state index contributed by atoms with van der Waals surface area (Å²) in [7, 11) is 1.59. The molecule has 0 aliphatic carbocycles. The van der Waals surface area contributed by atoms with Gasteiger partial charge in [-0.2, -0.15) is 0 Å². The maximum Gasteiger partial charge on any atom is 0.254 e. The van der Waals surface area contributed by atoms with Gasteiger partial charge in [-0.1, -0.05) is 11.2 Å². The largest absolute Gasteiger partial charge is 0.497 e. The minimum Gasteiger partial charge on any atom is -0.497 e. The van der Waals surface area contributed by atoms with Crippen LogP contribution in [0.5, 0.6) is 11.5 Å². The molecule has 7 heteroatoms. The van der Waals surface area contributed by atoms with E-state index in [0.29, 0.717) is 42.3 Å². The fraction of sp³-hybridized carbons (Fsp3) is 0.250. The Morgan fingerprint density at radius 1 is 1.26 bits per heavy atom. The van der Waals surface area contributed by atoms with Crippen molar-refractivity contribution in [2.45, 2.75) is 19.6 Å². The lowest BCUT2D eigenvalue weighted by molar-refractivity contribution is 0.0728. The van der Waals surface area contributed by atoms with Gasteiger partial charge in [0.1, 0.15) is 29.6 Å². The normalized spacial score (nSPS) is 13.1. The number of methoxy groups -OCH3 is 1. The van der Waals surface area contributed by atoms with Crippen molar-refractivity contribution in [1.29, 1.82) is 0 Å². The van der Waals surface area contributed by atoms with E-state index in [1.807, 2.05) is 24.3 Å². The van der Waals surface area contributed by atoms with Gasteiger partial charge in [-0.25, -0.2) is 0 Å². The number of carbonyl (C=O) groups is 1. The van der Waals surface area contributed by atoms with Crippen LogP contribution in [0.3, 0.4) is 0 Å². The Bertz CT molecular complexity index is 939. The Balaban J connectivity index is 1.49. The van der Waals surface area contributed by atoms with Crippen molar-refractivity contribution < 1.29 is 18.8 Å². The summed E-state index contributed by atoms with van der Waals surface area (Å²) in [5, 5.41) is 4.13. The highest BCUT2D eigenvalue weighted by Gasteiger charge is 2.28. The third-order valence-corrected chi connectivity index (χ3v) is 4.52. The minimum absolute atomic E-state index is 0.0418. The average molecular weight is 365 g/mol. The van der Waals surface area contributed by atoms with E-state index < -0.39 is 0 Å². The van der Waals surface area contributed by atoms with Gasteiger partial charge in [-0.15, -0.1) is 0 Å². The van der Waals surface area contributed by atoms with Crippen LogP contribution >= 0.6 is 0 Å². The molecule has 0 saturated heterocycles. The molecule has 0 N–H and O–H groups in total. The molecule has 3 aromatic rings. The molecule has 27 heavy (non-hydrogen) atoms. The Labute approximate surface area is 156 Å². The first-order valence-corrected chi connectivity index (χ1v) is 8.67. The predicted molar refractivity (Wildman–Crippen MR) is 96.5 cm³/mol. The predicted octanol–water partition coefficient (Wildman–Crippen LogP) is 2.86. The molecule has 0 bridgehead atoms. The summed E-state index contributed by atoms with van der Waals surface area (Å²) < 4.78 is 16.4. The quantitative estimate of drug-likeness (QED) is 0.692. The van der Waals surface area contributed by atoms with Crippen LogP contribution in [0.2, 0.25) is 0 Å². The van der Waals surface area contributed by atoms with Crippen LogP contribution < -0.4 is 9.47 Å². The molecule has 7 nitrogen and oxygen atoms in total. The zero-order valence-corrected chi connectivity index (χ0v) is 14.9. The Kier molecular flexibility index (Phi) is 4.74. The number of nitrogens with zero attached hydrogens (tertiary/aromatic N) is 3. The summed E-state index contributed by atoms with van der Waals surface area (Å²) >= 11 is 0. The molecule has 138 valence electrons. The summed E-state index contributed by atoms with van der Waals surface area (Å²) in [5.41, 5.74) is 2.22. The molecule has 2 aromatic heterocycles. The molecule has 1 aliphatic rings. The van der Waals surface area contributed by atoms with Crippen molar-refractivity contribution in [2.24, 2.45) is 0 Å². The van der Waals surface area contributed by atoms with Gasteiger partial charge in [0, 0.05) is 30.3 Å². The second-order valence-electron chi connectivity index (χ2n) is 6.22. The van der Waals surface area contributed by atoms with Gasteiger partial charge in [-0.3, -0.25) is 9.78 Å². The van der Waals surface area contributed by atoms with E-state index in [1.165, 1.54) is 0 Å². The molecule has 0 unspecified atom stereocenters. The number of carbonyl (C=O) groups excluding carboxylic acids is 1. The van der Waals surface area contributed by atoms with E-state index in [4.69, 9.17) is 14.0 Å².